The van der Waals surface area contributed by atoms with Crippen LogP contribution in [-0.2, 0) is 0 Å². The highest BCUT2D eigenvalue weighted by molar-refractivity contribution is 5.18. The summed E-state index contributed by atoms with van der Waals surface area (Å²) >= 11 is 0. The van der Waals surface area contributed by atoms with Gasteiger partial charge in [0.25, 0.3) is 0 Å². The number of aliphatic hydroxyl groups excluding tert-OH is 1. The van der Waals surface area contributed by atoms with Crippen LogP contribution >= 0.6 is 0 Å². The molecule has 1 aromatic carbocycles. The first-order valence-electron chi connectivity index (χ1n) is 9.65. The number of rotatable bonds is 7. The molecule has 2 aliphatic heterocycles. The van der Waals surface area contributed by atoms with Crippen molar-refractivity contribution in [3.63, 3.8) is 0 Å². The zero-order valence-electron chi connectivity index (χ0n) is 15.0. The Morgan fingerprint density at radius 1 is 1.12 bits per heavy atom. The number of piperidine rings is 1. The Balaban J connectivity index is 1.32. The largest absolute Gasteiger partial charge is 0.393 e. The van der Waals surface area contributed by atoms with Crippen LogP contribution in [0.25, 0.3) is 0 Å². The summed E-state index contributed by atoms with van der Waals surface area (Å²) in [5.41, 5.74) is 1.42. The number of hydrogen-bond acceptors (Lipinski definition) is 4. The van der Waals surface area contributed by atoms with Gasteiger partial charge in [0.15, 0.2) is 0 Å². The highest BCUT2D eigenvalue weighted by Crippen LogP contribution is 2.24. The second-order valence-electron chi connectivity index (χ2n) is 7.45. The van der Waals surface area contributed by atoms with E-state index in [1.165, 1.54) is 24.9 Å². The third-order valence-corrected chi connectivity index (χ3v) is 5.69. The molecule has 4 heteroatoms. The number of aliphatic hydroxyl groups is 1. The second kappa shape index (κ2) is 8.95. The van der Waals surface area contributed by atoms with Crippen LogP contribution in [0.15, 0.2) is 30.3 Å². The SMILES string of the molecule is CC(c1ccccc1)N1CCC(NCCCN2CCC(O)CC2)C1. The van der Waals surface area contributed by atoms with E-state index < -0.39 is 0 Å². The molecule has 0 spiro atoms. The average molecular weight is 332 g/mol. The normalized spacial score (nSPS) is 25.2. The standard InChI is InChI=1S/C20H33N3O/c1-17(18-6-3-2-4-7-18)23-15-8-19(16-23)21-11-5-12-22-13-9-20(24)10-14-22/h2-4,6-7,17,19-21,24H,5,8-16H2,1H3. The lowest BCUT2D eigenvalue weighted by molar-refractivity contribution is 0.0820. The summed E-state index contributed by atoms with van der Waals surface area (Å²) < 4.78 is 0. The predicted octanol–water partition coefficient (Wildman–Crippen LogP) is 2.26. The van der Waals surface area contributed by atoms with E-state index in [4.69, 9.17) is 0 Å². The molecule has 0 aliphatic carbocycles. The zero-order chi connectivity index (χ0) is 16.8. The van der Waals surface area contributed by atoms with Crippen LogP contribution < -0.4 is 5.32 Å². The summed E-state index contributed by atoms with van der Waals surface area (Å²) in [6.07, 6.45) is 4.30. The van der Waals surface area contributed by atoms with Crippen LogP contribution in [0.3, 0.4) is 0 Å². The van der Waals surface area contributed by atoms with Gasteiger partial charge in [0.2, 0.25) is 0 Å². The van der Waals surface area contributed by atoms with Crippen molar-refractivity contribution >= 4 is 0 Å². The first-order chi connectivity index (χ1) is 11.7. The number of nitrogens with one attached hydrogen (secondary N) is 1. The van der Waals surface area contributed by atoms with E-state index in [2.05, 4.69) is 52.4 Å². The maximum absolute atomic E-state index is 9.55. The Morgan fingerprint density at radius 2 is 1.88 bits per heavy atom. The molecule has 0 saturated carbocycles. The van der Waals surface area contributed by atoms with Gasteiger partial charge in [0.1, 0.15) is 0 Å². The molecular formula is C20H33N3O. The first kappa shape index (κ1) is 17.9. The van der Waals surface area contributed by atoms with Gasteiger partial charge in [-0.1, -0.05) is 30.3 Å². The van der Waals surface area contributed by atoms with Crippen molar-refractivity contribution in [2.24, 2.45) is 0 Å². The molecule has 0 aromatic heterocycles. The van der Waals surface area contributed by atoms with Crippen LogP contribution in [-0.4, -0.2) is 66.3 Å². The summed E-state index contributed by atoms with van der Waals surface area (Å²) in [5.74, 6) is 0. The van der Waals surface area contributed by atoms with Gasteiger partial charge in [-0.3, -0.25) is 4.90 Å². The van der Waals surface area contributed by atoms with Crippen molar-refractivity contribution in [2.45, 2.75) is 50.8 Å². The molecule has 4 nitrogen and oxygen atoms in total. The fourth-order valence-electron chi connectivity index (χ4n) is 4.00. The van der Waals surface area contributed by atoms with Crippen molar-refractivity contribution in [1.29, 1.82) is 0 Å². The Bertz CT molecular complexity index is 473. The summed E-state index contributed by atoms with van der Waals surface area (Å²) in [7, 11) is 0. The molecular weight excluding hydrogens is 298 g/mol. The molecule has 0 radical (unpaired) electrons. The molecule has 2 aliphatic rings. The van der Waals surface area contributed by atoms with Crippen LogP contribution in [0.4, 0.5) is 0 Å². The van der Waals surface area contributed by atoms with Crippen LogP contribution in [0.1, 0.15) is 44.2 Å². The fourth-order valence-corrected chi connectivity index (χ4v) is 4.00. The van der Waals surface area contributed by atoms with Gasteiger partial charge in [-0.15, -0.1) is 0 Å². The Morgan fingerprint density at radius 3 is 2.62 bits per heavy atom. The maximum atomic E-state index is 9.55. The van der Waals surface area contributed by atoms with Gasteiger partial charge in [-0.2, -0.15) is 0 Å². The average Bonchev–Trinajstić information content (AvgIpc) is 3.09. The van der Waals surface area contributed by atoms with E-state index in [0.717, 1.165) is 45.6 Å². The Hall–Kier alpha value is -0.940. The minimum absolute atomic E-state index is 0.0598. The van der Waals surface area contributed by atoms with E-state index in [0.29, 0.717) is 12.1 Å². The summed E-state index contributed by atoms with van der Waals surface area (Å²) in [6, 6.07) is 12.0. The van der Waals surface area contributed by atoms with Gasteiger partial charge < -0.3 is 15.3 Å². The van der Waals surface area contributed by atoms with Gasteiger partial charge in [-0.05, 0) is 51.3 Å². The lowest BCUT2D eigenvalue weighted by Gasteiger charge is -2.29. The van der Waals surface area contributed by atoms with Gasteiger partial charge >= 0.3 is 0 Å². The molecule has 2 saturated heterocycles. The smallest absolute Gasteiger partial charge is 0.0564 e. The molecule has 2 unspecified atom stereocenters. The van der Waals surface area contributed by atoms with Crippen molar-refractivity contribution < 1.29 is 5.11 Å². The highest BCUT2D eigenvalue weighted by Gasteiger charge is 2.26. The molecule has 2 heterocycles. The van der Waals surface area contributed by atoms with E-state index in [1.54, 1.807) is 0 Å². The van der Waals surface area contributed by atoms with Crippen LogP contribution in [0, 0.1) is 0 Å². The maximum Gasteiger partial charge on any atom is 0.0564 e. The van der Waals surface area contributed by atoms with Gasteiger partial charge in [0.05, 0.1) is 6.10 Å². The number of benzene rings is 1. The lowest BCUT2D eigenvalue weighted by atomic mass is 10.1. The van der Waals surface area contributed by atoms with Crippen molar-refractivity contribution in [2.75, 3.05) is 39.3 Å². The molecule has 0 amide bonds. The predicted molar refractivity (Wildman–Crippen MR) is 99.1 cm³/mol. The fraction of sp³-hybridized carbons (Fsp3) is 0.700. The van der Waals surface area contributed by atoms with Crippen molar-refractivity contribution in [1.82, 2.24) is 15.1 Å². The van der Waals surface area contributed by atoms with Crippen molar-refractivity contribution in [3.8, 4) is 0 Å². The van der Waals surface area contributed by atoms with Gasteiger partial charge in [-0.25, -0.2) is 0 Å². The van der Waals surface area contributed by atoms with E-state index >= 15 is 0 Å². The monoisotopic (exact) mass is 331 g/mol. The quantitative estimate of drug-likeness (QED) is 0.752. The molecule has 24 heavy (non-hydrogen) atoms. The molecule has 134 valence electrons. The molecule has 2 fully saturated rings. The minimum Gasteiger partial charge on any atom is -0.393 e. The number of nitrogens with zero attached hydrogens (tertiary/aromatic N) is 2. The molecule has 2 atom stereocenters. The number of likely N-dealkylation sites (tertiary alicyclic amines) is 2. The van der Waals surface area contributed by atoms with E-state index in [-0.39, 0.29) is 6.10 Å². The van der Waals surface area contributed by atoms with Crippen LogP contribution in [0.5, 0.6) is 0 Å². The van der Waals surface area contributed by atoms with Gasteiger partial charge in [0, 0.05) is 38.3 Å². The molecule has 1 aromatic rings. The summed E-state index contributed by atoms with van der Waals surface area (Å²) in [6.45, 7) is 9.07. The van der Waals surface area contributed by atoms with E-state index in [9.17, 15) is 5.11 Å². The van der Waals surface area contributed by atoms with E-state index in [1.807, 2.05) is 0 Å². The molecule has 3 rings (SSSR count). The third kappa shape index (κ3) is 5.03. The topological polar surface area (TPSA) is 38.7 Å². The summed E-state index contributed by atoms with van der Waals surface area (Å²) in [5, 5.41) is 13.3. The minimum atomic E-state index is -0.0598. The first-order valence-corrected chi connectivity index (χ1v) is 9.65. The van der Waals surface area contributed by atoms with Crippen LogP contribution in [0.2, 0.25) is 0 Å². The zero-order valence-corrected chi connectivity index (χ0v) is 15.0. The second-order valence-corrected chi connectivity index (χ2v) is 7.45. The summed E-state index contributed by atoms with van der Waals surface area (Å²) in [4.78, 5) is 5.09. The van der Waals surface area contributed by atoms with Crippen molar-refractivity contribution in [3.05, 3.63) is 35.9 Å². The Labute approximate surface area is 146 Å². The third-order valence-electron chi connectivity index (χ3n) is 5.69. The lowest BCUT2D eigenvalue weighted by Crippen LogP contribution is -2.38. The highest BCUT2D eigenvalue weighted by atomic mass is 16.3. The molecule has 0 bridgehead atoms. The number of hydrogen-bond donors (Lipinski definition) is 2. The Kier molecular flexibility index (Phi) is 6.67. The molecule has 2 N–H and O–H groups in total.